The topological polar surface area (TPSA) is 9.23 Å². The molecule has 0 N–H and O–H groups in total. The van der Waals surface area contributed by atoms with Gasteiger partial charge in [-0.05, 0) is 0 Å². The van der Waals surface area contributed by atoms with Gasteiger partial charge in [-0.15, -0.1) is 0 Å². The fourth-order valence-electron chi connectivity index (χ4n) is 7.21. The van der Waals surface area contributed by atoms with E-state index in [1.54, 1.807) is 35.6 Å². The summed E-state index contributed by atoms with van der Waals surface area (Å²) in [5.74, 6) is 0. The van der Waals surface area contributed by atoms with Gasteiger partial charge in [0.15, 0.2) is 0 Å². The van der Waals surface area contributed by atoms with Crippen molar-refractivity contribution in [2.45, 2.75) is 171 Å². The minimum absolute atomic E-state index is 1.35. The first-order valence-corrected chi connectivity index (χ1v) is 40.8. The Labute approximate surface area is 287 Å². The molecule has 0 fully saturated rings. The van der Waals surface area contributed by atoms with Gasteiger partial charge in [0, 0.05) is 0 Å². The molecule has 0 atom stereocenters. The summed E-state index contributed by atoms with van der Waals surface area (Å²) in [6.07, 6.45) is 16.7. The number of unbranched alkanes of at least 4 members (excludes halogenated alkanes) is 6. The van der Waals surface area contributed by atoms with Crippen molar-refractivity contribution in [3.8, 4) is 0 Å². The van der Waals surface area contributed by atoms with Crippen LogP contribution in [-0.4, -0.2) is 53.4 Å². The number of hydrogen-bond donors (Lipinski definition) is 0. The van der Waals surface area contributed by atoms with Gasteiger partial charge in [0.2, 0.25) is 0 Å². The second-order valence-corrected chi connectivity index (χ2v) is 53.8. The van der Waals surface area contributed by atoms with Crippen molar-refractivity contribution in [1.82, 2.24) is 0 Å². The molecule has 2 rings (SSSR count). The maximum atomic E-state index is 7.48. The molecular formula is C36H70OS2Si2Sn2. The third-order valence-corrected chi connectivity index (χ3v) is 58.7. The SMILES string of the molecule is CCC[CH2][Sn]([CH2]CCC)([CH2]CCC)[c]1ccc([Si](C)(C)O[Si](C)(C)c2cc[c]([Sn]([CH2]CCC)([CH2]CCC)[CH2]CCC)s2)s1. The summed E-state index contributed by atoms with van der Waals surface area (Å²) < 4.78 is 23.9. The van der Waals surface area contributed by atoms with Crippen LogP contribution < -0.4 is 14.8 Å². The zero-order valence-corrected chi connectivity index (χ0v) is 39.6. The maximum absolute atomic E-state index is 7.48. The van der Waals surface area contributed by atoms with Gasteiger partial charge in [-0.2, -0.15) is 0 Å². The Morgan fingerprint density at radius 1 is 0.465 bits per heavy atom. The fourth-order valence-corrected chi connectivity index (χ4v) is 59.0. The predicted molar refractivity (Wildman–Crippen MR) is 213 cm³/mol. The van der Waals surface area contributed by atoms with Gasteiger partial charge >= 0.3 is 291 Å². The van der Waals surface area contributed by atoms with E-state index in [4.69, 9.17) is 4.12 Å². The zero-order chi connectivity index (χ0) is 32.0. The molecule has 1 nitrogen and oxygen atoms in total. The monoisotopic (exact) mass is 878 g/mol. The van der Waals surface area contributed by atoms with E-state index in [9.17, 15) is 0 Å². The van der Waals surface area contributed by atoms with Gasteiger partial charge < -0.3 is 0 Å². The standard InChI is InChI=1S/C12H16OS2Si2.6C4H9.2Sn/c1-16(2,11-7-5-9-14-11)13-17(3,4)12-8-6-10-15-12;6*1-3-4-2;;/h5-8H,1-4H3;6*1,3-4H2,2H3;;. The van der Waals surface area contributed by atoms with Gasteiger partial charge in [-0.3, -0.25) is 0 Å². The molecule has 2 aromatic heterocycles. The third kappa shape index (κ3) is 11.8. The van der Waals surface area contributed by atoms with Crippen LogP contribution >= 0.6 is 22.7 Å². The molecule has 2 heterocycles. The molecule has 0 amide bonds. The van der Waals surface area contributed by atoms with Crippen molar-refractivity contribution in [3.05, 3.63) is 24.3 Å². The van der Waals surface area contributed by atoms with Gasteiger partial charge in [0.05, 0.1) is 0 Å². The molecule has 0 aliphatic heterocycles. The summed E-state index contributed by atoms with van der Waals surface area (Å²) in [5.41, 5.74) is 0. The van der Waals surface area contributed by atoms with Crippen LogP contribution in [0.25, 0.3) is 0 Å². The molecule has 0 saturated carbocycles. The normalized spacial score (nSPS) is 13.3. The quantitative estimate of drug-likeness (QED) is 0.0955. The van der Waals surface area contributed by atoms with Crippen LogP contribution in [0.1, 0.15) is 119 Å². The summed E-state index contributed by atoms with van der Waals surface area (Å²) >= 11 is -0.325. The molecule has 0 radical (unpaired) electrons. The van der Waals surface area contributed by atoms with Crippen LogP contribution in [0.5, 0.6) is 0 Å². The van der Waals surface area contributed by atoms with E-state index in [1.165, 1.54) is 77.0 Å². The molecule has 0 aromatic carbocycles. The van der Waals surface area contributed by atoms with Gasteiger partial charge in [0.1, 0.15) is 0 Å². The van der Waals surface area contributed by atoms with E-state index >= 15 is 0 Å². The van der Waals surface area contributed by atoms with Crippen molar-refractivity contribution >= 4 is 90.8 Å². The van der Waals surface area contributed by atoms with Gasteiger partial charge in [0.25, 0.3) is 0 Å². The van der Waals surface area contributed by atoms with E-state index < -0.39 is 53.4 Å². The third-order valence-electron chi connectivity index (χ3n) is 10.0. The molecule has 0 aliphatic carbocycles. The van der Waals surface area contributed by atoms with Crippen LogP contribution in [-0.2, 0) is 4.12 Å². The first-order valence-electron chi connectivity index (χ1n) is 18.4. The number of rotatable bonds is 24. The molecule has 248 valence electrons. The Balaban J connectivity index is 2.39. The molecule has 0 saturated heterocycles. The van der Waals surface area contributed by atoms with Crippen molar-refractivity contribution < 1.29 is 4.12 Å². The Hall–Kier alpha value is 1.39. The molecule has 7 heteroatoms. The Morgan fingerprint density at radius 3 is 0.953 bits per heavy atom. The summed E-state index contributed by atoms with van der Waals surface area (Å²) in [5, 5.41) is 0. The average Bonchev–Trinajstić information content (AvgIpc) is 3.69. The molecular weight excluding hydrogens is 806 g/mol. The zero-order valence-electron chi connectivity index (χ0n) is 30.3. The van der Waals surface area contributed by atoms with Crippen LogP contribution in [0.15, 0.2) is 24.3 Å². The van der Waals surface area contributed by atoms with Crippen LogP contribution in [0.4, 0.5) is 0 Å². The van der Waals surface area contributed by atoms with Crippen molar-refractivity contribution in [3.63, 3.8) is 0 Å². The van der Waals surface area contributed by atoms with Crippen molar-refractivity contribution in [2.75, 3.05) is 0 Å². The minimum atomic E-state index is -2.40. The molecule has 43 heavy (non-hydrogen) atoms. The number of thiophene rings is 2. The van der Waals surface area contributed by atoms with E-state index in [-0.39, 0.29) is 0 Å². The van der Waals surface area contributed by atoms with Crippen molar-refractivity contribution in [2.24, 2.45) is 0 Å². The van der Waals surface area contributed by atoms with Crippen LogP contribution in [0.3, 0.4) is 0 Å². The number of hydrogen-bond acceptors (Lipinski definition) is 3. The Bertz CT molecular complexity index is 908. The van der Waals surface area contributed by atoms with Crippen molar-refractivity contribution in [1.29, 1.82) is 0 Å². The molecule has 0 unspecified atom stereocenters. The van der Waals surface area contributed by atoms with E-state index in [1.807, 2.05) is 5.79 Å². The average molecular weight is 877 g/mol. The fraction of sp³-hybridized carbons (Fsp3) is 0.778. The first kappa shape index (κ1) is 40.6. The van der Waals surface area contributed by atoms with Gasteiger partial charge in [-0.25, -0.2) is 0 Å². The molecule has 0 bridgehead atoms. The molecule has 0 spiro atoms. The van der Waals surface area contributed by atoms with E-state index in [0.29, 0.717) is 0 Å². The predicted octanol–water partition coefficient (Wildman–Crippen LogP) is 11.5. The second kappa shape index (κ2) is 20.0. The Kier molecular flexibility index (Phi) is 18.9. The second-order valence-electron chi connectivity index (χ2n) is 14.6. The summed E-state index contributed by atoms with van der Waals surface area (Å²) in [6, 6.07) is 10.4. The van der Waals surface area contributed by atoms with Gasteiger partial charge in [-0.1, -0.05) is 0 Å². The summed E-state index contributed by atoms with van der Waals surface area (Å²) in [4.78, 5) is 0. The molecule has 2 aromatic rings. The Morgan fingerprint density at radius 2 is 0.721 bits per heavy atom. The summed E-state index contributed by atoms with van der Waals surface area (Å²) in [6.45, 7) is 24.4. The molecule has 0 aliphatic rings. The van der Waals surface area contributed by atoms with E-state index in [0.717, 1.165) is 0 Å². The summed E-state index contributed by atoms with van der Waals surface area (Å²) in [7, 11) is -4.02. The van der Waals surface area contributed by atoms with Crippen LogP contribution in [0.2, 0.25) is 52.8 Å². The first-order chi connectivity index (χ1) is 20.5. The van der Waals surface area contributed by atoms with Crippen LogP contribution in [0, 0.1) is 0 Å². The van der Waals surface area contributed by atoms with E-state index in [2.05, 4.69) is 115 Å².